The lowest BCUT2D eigenvalue weighted by atomic mass is 10.1. The van der Waals surface area contributed by atoms with E-state index >= 15 is 0 Å². The molecule has 2 aliphatic rings. The number of ether oxygens (including phenoxy) is 2. The summed E-state index contributed by atoms with van der Waals surface area (Å²) >= 11 is 3.12. The predicted molar refractivity (Wildman–Crippen MR) is 156 cm³/mol. The Hall–Kier alpha value is -3.32. The number of para-hydroxylation sites is 1. The first kappa shape index (κ1) is 30.1. The average Bonchev–Trinajstić information content (AvgIpc) is 3.36. The highest BCUT2D eigenvalue weighted by molar-refractivity contribution is 9.11. The second kappa shape index (κ2) is 12.9. The summed E-state index contributed by atoms with van der Waals surface area (Å²) in [4.78, 5) is 41.6. The molecule has 0 radical (unpaired) electrons. The molecule has 12 nitrogen and oxygen atoms in total. The Morgan fingerprint density at radius 3 is 2.79 bits per heavy atom. The monoisotopic (exact) mass is 661 g/mol. The number of aromatic nitrogens is 2. The molecule has 42 heavy (non-hydrogen) atoms. The number of nitrogens with one attached hydrogen (secondary N) is 1. The fourth-order valence-electron chi connectivity index (χ4n) is 4.71. The minimum Gasteiger partial charge on any atom is -0.458 e. The lowest BCUT2D eigenvalue weighted by molar-refractivity contribution is -0.154. The summed E-state index contributed by atoms with van der Waals surface area (Å²) in [5.41, 5.74) is 7.38. The normalized spacial score (nSPS) is 24.2. The molecule has 1 fully saturated rings. The van der Waals surface area contributed by atoms with Crippen LogP contribution in [0.3, 0.4) is 0 Å². The van der Waals surface area contributed by atoms with Crippen molar-refractivity contribution in [2.75, 3.05) is 6.61 Å². The number of nitrogens with zero attached hydrogens (tertiary/aromatic N) is 1. The van der Waals surface area contributed by atoms with E-state index in [1.807, 2.05) is 49.4 Å². The van der Waals surface area contributed by atoms with Gasteiger partial charge in [-0.25, -0.2) is 9.36 Å². The maximum absolute atomic E-state index is 13.3. The molecule has 3 N–H and O–H groups in total. The number of phosphoric ester groups is 1. The summed E-state index contributed by atoms with van der Waals surface area (Å²) in [6.45, 7) is 1.48. The van der Waals surface area contributed by atoms with Gasteiger partial charge in [-0.05, 0) is 35.5 Å². The Labute approximate surface area is 249 Å². The molecule has 0 spiro atoms. The highest BCUT2D eigenvalue weighted by Crippen LogP contribution is 2.55. The van der Waals surface area contributed by atoms with Crippen LogP contribution in [0.2, 0.25) is 0 Å². The zero-order valence-electron chi connectivity index (χ0n) is 22.5. The molecule has 2 aromatic carbocycles. The quantitative estimate of drug-likeness (QED) is 0.255. The minimum atomic E-state index is -4.05. The van der Waals surface area contributed by atoms with Gasteiger partial charge in [0.25, 0.3) is 5.56 Å². The van der Waals surface area contributed by atoms with Crippen molar-refractivity contribution in [3.8, 4) is 5.75 Å². The summed E-state index contributed by atoms with van der Waals surface area (Å²) in [5.74, 6) is -0.268. The van der Waals surface area contributed by atoms with Gasteiger partial charge in [-0.1, -0.05) is 64.5 Å². The molecular formula is C28H29BrN3O9P. The number of phosphoric acid groups is 1. The summed E-state index contributed by atoms with van der Waals surface area (Å²) in [6, 6.07) is 13.7. The van der Waals surface area contributed by atoms with Crippen molar-refractivity contribution < 1.29 is 32.4 Å². The largest absolute Gasteiger partial charge is 0.530 e. The molecule has 1 unspecified atom stereocenters. The van der Waals surface area contributed by atoms with Crippen molar-refractivity contribution in [3.05, 3.63) is 103 Å². The molecule has 3 heterocycles. The van der Waals surface area contributed by atoms with Crippen LogP contribution in [0.4, 0.5) is 0 Å². The van der Waals surface area contributed by atoms with Crippen LogP contribution < -0.4 is 21.5 Å². The van der Waals surface area contributed by atoms with Crippen molar-refractivity contribution in [1.82, 2.24) is 9.55 Å². The van der Waals surface area contributed by atoms with Gasteiger partial charge >= 0.3 is 19.5 Å². The molecule has 0 amide bonds. The highest BCUT2D eigenvalue weighted by atomic mass is 79.9. The number of aryl methyl sites for hydroxylation is 1. The first-order valence-electron chi connectivity index (χ1n) is 13.1. The Morgan fingerprint density at radius 1 is 1.24 bits per heavy atom. The number of carbonyl (C=O) groups is 1. The third kappa shape index (κ3) is 6.83. The van der Waals surface area contributed by atoms with Crippen LogP contribution in [-0.4, -0.2) is 40.4 Å². The van der Waals surface area contributed by atoms with Gasteiger partial charge in [0.2, 0.25) is 0 Å². The molecule has 2 aliphatic heterocycles. The van der Waals surface area contributed by atoms with Gasteiger partial charge < -0.3 is 19.7 Å². The summed E-state index contributed by atoms with van der Waals surface area (Å²) in [7, 11) is -4.05. The Kier molecular flexibility index (Phi) is 9.26. The number of nitrogens with two attached hydrogens (primary N) is 1. The van der Waals surface area contributed by atoms with Gasteiger partial charge in [0.15, 0.2) is 0 Å². The molecule has 3 aromatic rings. The van der Waals surface area contributed by atoms with Gasteiger partial charge in [-0.3, -0.25) is 28.2 Å². The van der Waals surface area contributed by atoms with Gasteiger partial charge in [-0.15, -0.1) is 0 Å². The maximum Gasteiger partial charge on any atom is 0.530 e. The number of hydrogen-bond acceptors (Lipinski definition) is 10. The summed E-state index contributed by atoms with van der Waals surface area (Å²) in [5, 5.41) is 0. The lowest BCUT2D eigenvalue weighted by Gasteiger charge is -2.27. The van der Waals surface area contributed by atoms with E-state index in [2.05, 4.69) is 20.9 Å². The number of aromatic amines is 1. The van der Waals surface area contributed by atoms with Crippen LogP contribution in [0.1, 0.15) is 34.9 Å². The number of H-pyrrole nitrogens is 1. The number of esters is 1. The van der Waals surface area contributed by atoms with Crippen LogP contribution in [0.15, 0.2) is 69.3 Å². The van der Waals surface area contributed by atoms with Crippen molar-refractivity contribution in [1.29, 1.82) is 0 Å². The zero-order chi connectivity index (χ0) is 29.9. The number of hydrogen-bond donors (Lipinski definition) is 2. The fourth-order valence-corrected chi connectivity index (χ4v) is 6.28. The first-order chi connectivity index (χ1) is 20.2. The standard InChI is InChI=1S/C28H29BrN3O9P/c1-17-6-5-9-20-15-37-42(36,41-25(17)20)38-16-23-22(40-27(34)21(30)12-18-7-3-2-4-8-18)13-24(39-23)32-14-19(10-11-29)26(33)31-28(32)35/h2-11,14,21-24H,12-13,15-16,30H2,1H3,(H,31,33,35)/b11-10+/t21-,22+,23-,24-,42?/m1/s1. The zero-order valence-corrected chi connectivity index (χ0v) is 25.0. The van der Waals surface area contributed by atoms with E-state index in [9.17, 15) is 18.9 Å². The molecule has 222 valence electrons. The third-order valence-corrected chi connectivity index (χ3v) is 8.45. The average molecular weight is 662 g/mol. The first-order valence-corrected chi connectivity index (χ1v) is 15.5. The van der Waals surface area contributed by atoms with E-state index in [1.165, 1.54) is 21.8 Å². The molecular weight excluding hydrogens is 633 g/mol. The molecule has 1 aromatic heterocycles. The van der Waals surface area contributed by atoms with E-state index in [0.717, 1.165) is 16.7 Å². The highest BCUT2D eigenvalue weighted by Gasteiger charge is 2.43. The molecule has 0 saturated carbocycles. The van der Waals surface area contributed by atoms with E-state index in [-0.39, 0.29) is 31.6 Å². The van der Waals surface area contributed by atoms with Crippen molar-refractivity contribution >= 4 is 35.8 Å². The molecule has 1 saturated heterocycles. The molecule has 0 bridgehead atoms. The van der Waals surface area contributed by atoms with Crippen LogP contribution >= 0.6 is 23.8 Å². The van der Waals surface area contributed by atoms with Gasteiger partial charge in [0, 0.05) is 18.2 Å². The number of rotatable bonds is 9. The third-order valence-electron chi connectivity index (χ3n) is 6.87. The molecule has 5 rings (SSSR count). The SMILES string of the molecule is Cc1cccc2c1OP(=O)(OC[C@H]1O[C@@H](n3cc(/C=C/Br)c(=O)[nH]c3=O)C[C@@H]1OC(=O)[C@H](N)Cc1ccccc1)OC2. The topological polar surface area (TPSA) is 161 Å². The predicted octanol–water partition coefficient (Wildman–Crippen LogP) is 3.71. The van der Waals surface area contributed by atoms with Gasteiger partial charge in [-0.2, -0.15) is 0 Å². The summed E-state index contributed by atoms with van der Waals surface area (Å²) in [6.07, 6.45) is 0.197. The van der Waals surface area contributed by atoms with Crippen LogP contribution in [0.25, 0.3) is 6.08 Å². The van der Waals surface area contributed by atoms with Crippen LogP contribution in [0, 0.1) is 6.92 Å². The maximum atomic E-state index is 13.3. The van der Waals surface area contributed by atoms with Crippen molar-refractivity contribution in [2.45, 2.75) is 50.8 Å². The number of fused-ring (bicyclic) bond motifs is 1. The van der Waals surface area contributed by atoms with Crippen LogP contribution in [0.5, 0.6) is 5.75 Å². The molecule has 5 atom stereocenters. The van der Waals surface area contributed by atoms with Crippen molar-refractivity contribution in [3.63, 3.8) is 0 Å². The number of carbonyl (C=O) groups excluding carboxylic acids is 1. The lowest BCUT2D eigenvalue weighted by Crippen LogP contribution is -2.39. The fraction of sp³-hybridized carbons (Fsp3) is 0.321. The molecule has 0 aliphatic carbocycles. The van der Waals surface area contributed by atoms with E-state index in [1.54, 1.807) is 6.07 Å². The molecule has 14 heteroatoms. The van der Waals surface area contributed by atoms with Gasteiger partial charge in [0.1, 0.15) is 30.2 Å². The van der Waals surface area contributed by atoms with E-state index in [4.69, 9.17) is 28.8 Å². The Morgan fingerprint density at radius 2 is 2.02 bits per heavy atom. The van der Waals surface area contributed by atoms with E-state index < -0.39 is 49.5 Å². The second-order valence-corrected chi connectivity index (χ2v) is 12.0. The van der Waals surface area contributed by atoms with E-state index in [0.29, 0.717) is 5.75 Å². The van der Waals surface area contributed by atoms with Crippen molar-refractivity contribution in [2.24, 2.45) is 5.73 Å². The summed E-state index contributed by atoms with van der Waals surface area (Å²) < 4.78 is 43.1. The Balaban J connectivity index is 1.35. The Bertz CT molecular complexity index is 1640. The second-order valence-electron chi connectivity index (χ2n) is 9.85. The number of benzene rings is 2. The smallest absolute Gasteiger partial charge is 0.458 e. The number of halogens is 1. The minimum absolute atomic E-state index is 0.0197. The van der Waals surface area contributed by atoms with Gasteiger partial charge in [0.05, 0.1) is 18.8 Å². The van der Waals surface area contributed by atoms with Crippen LogP contribution in [-0.2, 0) is 40.9 Å².